The van der Waals surface area contributed by atoms with Gasteiger partial charge >= 0.3 is 0 Å². The first-order valence-electron chi connectivity index (χ1n) is 6.72. The number of carbonyl (C=O) groups is 1. The van der Waals surface area contributed by atoms with E-state index in [4.69, 9.17) is 0 Å². The van der Waals surface area contributed by atoms with Gasteiger partial charge in [0, 0.05) is 5.69 Å². The molecule has 0 amide bonds. The smallest absolute Gasteiger partial charge is 0.166 e. The van der Waals surface area contributed by atoms with Gasteiger partial charge in [0.25, 0.3) is 0 Å². The molecule has 0 spiro atoms. The van der Waals surface area contributed by atoms with E-state index in [2.05, 4.69) is 43.1 Å². The van der Waals surface area contributed by atoms with Crippen LogP contribution in [0.15, 0.2) is 30.3 Å². The van der Waals surface area contributed by atoms with Gasteiger partial charge in [-0.2, -0.15) is 0 Å². The van der Waals surface area contributed by atoms with Crippen LogP contribution >= 0.6 is 0 Å². The summed E-state index contributed by atoms with van der Waals surface area (Å²) in [5.74, 6) is 0. The number of benzene rings is 1. The zero-order valence-electron chi connectivity index (χ0n) is 11.4. The summed E-state index contributed by atoms with van der Waals surface area (Å²) in [4.78, 5) is 14.3. The van der Waals surface area contributed by atoms with Crippen molar-refractivity contribution in [2.45, 2.75) is 26.7 Å². The van der Waals surface area contributed by atoms with Crippen LogP contribution < -0.4 is 0 Å². The van der Waals surface area contributed by atoms with Gasteiger partial charge in [-0.15, -0.1) is 0 Å². The van der Waals surface area contributed by atoms with Crippen molar-refractivity contribution in [2.75, 3.05) is 0 Å². The van der Waals surface area contributed by atoms with E-state index in [1.165, 1.54) is 5.56 Å². The molecule has 0 fully saturated rings. The number of H-pyrrole nitrogens is 1. The average Bonchev–Trinajstić information content (AvgIpc) is 2.82. The molecule has 0 aliphatic carbocycles. The maximum absolute atomic E-state index is 11.1. The molecule has 0 radical (unpaired) electrons. The SMILES string of the molecule is CCc1c(C=O)[nH]c(/C=C/c2ccccc2)c1CC. The first-order valence-corrected chi connectivity index (χ1v) is 6.72. The zero-order valence-corrected chi connectivity index (χ0v) is 11.4. The number of hydrogen-bond donors (Lipinski definition) is 1. The van der Waals surface area contributed by atoms with Crippen LogP contribution in [0.25, 0.3) is 12.2 Å². The van der Waals surface area contributed by atoms with Crippen molar-refractivity contribution in [1.82, 2.24) is 4.98 Å². The molecule has 0 atom stereocenters. The highest BCUT2D eigenvalue weighted by Gasteiger charge is 2.12. The summed E-state index contributed by atoms with van der Waals surface area (Å²) in [6.07, 6.45) is 6.85. The number of aldehydes is 1. The van der Waals surface area contributed by atoms with Crippen LogP contribution in [-0.4, -0.2) is 11.3 Å². The predicted molar refractivity (Wildman–Crippen MR) is 80.3 cm³/mol. The third-order valence-corrected chi connectivity index (χ3v) is 3.35. The highest BCUT2D eigenvalue weighted by Crippen LogP contribution is 2.21. The monoisotopic (exact) mass is 253 g/mol. The van der Waals surface area contributed by atoms with E-state index in [0.29, 0.717) is 5.69 Å². The van der Waals surface area contributed by atoms with Crippen molar-refractivity contribution >= 4 is 18.4 Å². The second-order valence-electron chi connectivity index (χ2n) is 4.48. The molecule has 0 aliphatic rings. The van der Waals surface area contributed by atoms with Crippen molar-refractivity contribution in [3.63, 3.8) is 0 Å². The van der Waals surface area contributed by atoms with Crippen LogP contribution in [-0.2, 0) is 12.8 Å². The molecule has 0 unspecified atom stereocenters. The van der Waals surface area contributed by atoms with Crippen molar-refractivity contribution in [1.29, 1.82) is 0 Å². The number of carbonyl (C=O) groups excluding carboxylic acids is 1. The zero-order chi connectivity index (χ0) is 13.7. The third kappa shape index (κ3) is 2.84. The Balaban J connectivity index is 2.37. The molecule has 2 nitrogen and oxygen atoms in total. The molecular formula is C17H19NO. The Labute approximate surface area is 114 Å². The number of rotatable bonds is 5. The molecular weight excluding hydrogens is 234 g/mol. The standard InChI is InChI=1S/C17H19NO/c1-3-14-15(4-2)17(12-19)18-16(14)11-10-13-8-6-5-7-9-13/h5-12,18H,3-4H2,1-2H3/b11-10+. The van der Waals surface area contributed by atoms with Crippen LogP contribution in [0.3, 0.4) is 0 Å². The van der Waals surface area contributed by atoms with Crippen LogP contribution in [0.2, 0.25) is 0 Å². The molecule has 1 heterocycles. The van der Waals surface area contributed by atoms with Crippen molar-refractivity contribution in [3.8, 4) is 0 Å². The number of aromatic nitrogens is 1. The van der Waals surface area contributed by atoms with Gasteiger partial charge < -0.3 is 4.98 Å². The second-order valence-corrected chi connectivity index (χ2v) is 4.48. The molecule has 0 saturated carbocycles. The largest absolute Gasteiger partial charge is 0.352 e. The van der Waals surface area contributed by atoms with Crippen LogP contribution in [0, 0.1) is 0 Å². The van der Waals surface area contributed by atoms with Gasteiger partial charge in [-0.3, -0.25) is 4.79 Å². The second kappa shape index (κ2) is 6.19. The van der Waals surface area contributed by atoms with E-state index >= 15 is 0 Å². The minimum atomic E-state index is 0.715. The Bertz CT molecular complexity index is 579. The Hall–Kier alpha value is -2.09. The topological polar surface area (TPSA) is 32.9 Å². The fourth-order valence-electron chi connectivity index (χ4n) is 2.42. The van der Waals surface area contributed by atoms with Gasteiger partial charge in [0.1, 0.15) is 0 Å². The van der Waals surface area contributed by atoms with Gasteiger partial charge in [-0.1, -0.05) is 50.3 Å². The molecule has 2 rings (SSSR count). The molecule has 1 aromatic heterocycles. The fourth-order valence-corrected chi connectivity index (χ4v) is 2.42. The van der Waals surface area contributed by atoms with Crippen LogP contribution in [0.1, 0.15) is 46.7 Å². The number of aromatic amines is 1. The van der Waals surface area contributed by atoms with Gasteiger partial charge in [0.05, 0.1) is 5.69 Å². The Kier molecular flexibility index (Phi) is 4.35. The quantitative estimate of drug-likeness (QED) is 0.799. The molecule has 0 bridgehead atoms. The molecule has 1 aromatic carbocycles. The maximum Gasteiger partial charge on any atom is 0.166 e. The lowest BCUT2D eigenvalue weighted by Gasteiger charge is -1.99. The van der Waals surface area contributed by atoms with E-state index in [1.807, 2.05) is 18.2 Å². The lowest BCUT2D eigenvalue weighted by Crippen LogP contribution is -1.90. The van der Waals surface area contributed by atoms with Gasteiger partial charge in [0.2, 0.25) is 0 Å². The minimum absolute atomic E-state index is 0.715. The van der Waals surface area contributed by atoms with E-state index < -0.39 is 0 Å². The van der Waals surface area contributed by atoms with Crippen LogP contribution in [0.4, 0.5) is 0 Å². The highest BCUT2D eigenvalue weighted by molar-refractivity contribution is 5.79. The third-order valence-electron chi connectivity index (χ3n) is 3.35. The summed E-state index contributed by atoms with van der Waals surface area (Å²) in [6, 6.07) is 10.2. The van der Waals surface area contributed by atoms with Crippen molar-refractivity contribution in [3.05, 3.63) is 58.4 Å². The normalized spacial score (nSPS) is 11.1. The summed E-state index contributed by atoms with van der Waals surface area (Å²) in [5, 5.41) is 0. The molecule has 2 heteroatoms. The molecule has 19 heavy (non-hydrogen) atoms. The molecule has 1 N–H and O–H groups in total. The Morgan fingerprint density at radius 1 is 0.947 bits per heavy atom. The molecule has 98 valence electrons. The summed E-state index contributed by atoms with van der Waals surface area (Å²) >= 11 is 0. The van der Waals surface area contributed by atoms with E-state index in [1.54, 1.807) is 0 Å². The van der Waals surface area contributed by atoms with Crippen LogP contribution in [0.5, 0.6) is 0 Å². The van der Waals surface area contributed by atoms with E-state index in [9.17, 15) is 4.79 Å². The van der Waals surface area contributed by atoms with Crippen molar-refractivity contribution < 1.29 is 4.79 Å². The Morgan fingerprint density at radius 2 is 1.58 bits per heavy atom. The summed E-state index contributed by atoms with van der Waals surface area (Å²) in [7, 11) is 0. The first-order chi connectivity index (χ1) is 9.30. The van der Waals surface area contributed by atoms with Crippen molar-refractivity contribution in [2.24, 2.45) is 0 Å². The average molecular weight is 253 g/mol. The number of nitrogens with one attached hydrogen (secondary N) is 1. The lowest BCUT2D eigenvalue weighted by atomic mass is 10.0. The van der Waals surface area contributed by atoms with Gasteiger partial charge in [0.15, 0.2) is 6.29 Å². The highest BCUT2D eigenvalue weighted by atomic mass is 16.1. The first kappa shape index (κ1) is 13.3. The number of hydrogen-bond acceptors (Lipinski definition) is 1. The minimum Gasteiger partial charge on any atom is -0.352 e. The van der Waals surface area contributed by atoms with E-state index in [0.717, 1.165) is 35.9 Å². The fraction of sp³-hybridized carbons (Fsp3) is 0.235. The summed E-state index contributed by atoms with van der Waals surface area (Å²) in [5.41, 5.74) is 5.31. The summed E-state index contributed by atoms with van der Waals surface area (Å²) < 4.78 is 0. The lowest BCUT2D eigenvalue weighted by molar-refractivity contribution is 0.111. The molecule has 2 aromatic rings. The molecule has 0 saturated heterocycles. The van der Waals surface area contributed by atoms with E-state index in [-0.39, 0.29) is 0 Å². The van der Waals surface area contributed by atoms with Gasteiger partial charge in [-0.25, -0.2) is 0 Å². The maximum atomic E-state index is 11.1. The van der Waals surface area contributed by atoms with Gasteiger partial charge in [-0.05, 0) is 35.6 Å². The summed E-state index contributed by atoms with van der Waals surface area (Å²) in [6.45, 7) is 4.21. The predicted octanol–water partition coefficient (Wildman–Crippen LogP) is 4.12. The molecule has 0 aliphatic heterocycles. The Morgan fingerprint density at radius 3 is 2.16 bits per heavy atom.